The Morgan fingerprint density at radius 1 is 0.717 bits per heavy atom. The van der Waals surface area contributed by atoms with E-state index in [9.17, 15) is 15.4 Å². The lowest BCUT2D eigenvalue weighted by Gasteiger charge is -2.49. The van der Waals surface area contributed by atoms with Gasteiger partial charge in [-0.25, -0.2) is 0 Å². The number of aliphatic hydroxyl groups excluding tert-OH is 1. The molecule has 0 bridgehead atoms. The number of benzene rings is 4. The fourth-order valence-corrected chi connectivity index (χ4v) is 7.01. The quantitative estimate of drug-likeness (QED) is 0.0302. The molecule has 11 atom stereocenters. The average Bonchev–Trinajstić information content (AvgIpc) is 3.27. The lowest BCUT2D eigenvalue weighted by molar-refractivity contribution is -0.359. The van der Waals surface area contributed by atoms with Crippen LogP contribution in [0.4, 0.5) is 0 Å². The molecule has 0 radical (unpaired) electrons. The van der Waals surface area contributed by atoms with Crippen LogP contribution in [0.1, 0.15) is 36.1 Å². The first-order valence-electron chi connectivity index (χ1n) is 20.0. The van der Waals surface area contributed by atoms with Crippen LogP contribution in [0.3, 0.4) is 0 Å². The van der Waals surface area contributed by atoms with Crippen LogP contribution in [0.25, 0.3) is 10.4 Å². The maximum Gasteiger partial charge on any atom is 0.303 e. The highest BCUT2D eigenvalue weighted by atomic mass is 16.8. The Kier molecular flexibility index (Phi) is 17.2. The van der Waals surface area contributed by atoms with Crippen LogP contribution in [-0.4, -0.2) is 91.7 Å². The maximum atomic E-state index is 12.8. The van der Waals surface area contributed by atoms with Crippen molar-refractivity contribution in [2.75, 3.05) is 13.2 Å². The van der Waals surface area contributed by atoms with Gasteiger partial charge >= 0.3 is 5.97 Å². The molecule has 0 saturated carbocycles. The van der Waals surface area contributed by atoms with Gasteiger partial charge in [0, 0.05) is 11.8 Å². The summed E-state index contributed by atoms with van der Waals surface area (Å²) in [6, 6.07) is 37.0. The summed E-state index contributed by atoms with van der Waals surface area (Å²) in [5, 5.41) is 16.0. The zero-order chi connectivity index (χ0) is 42.1. The summed E-state index contributed by atoms with van der Waals surface area (Å²) < 4.78 is 57.7. The largest absolute Gasteiger partial charge is 0.457 e. The van der Waals surface area contributed by atoms with Crippen molar-refractivity contribution in [2.24, 2.45) is 5.11 Å². The summed E-state index contributed by atoms with van der Waals surface area (Å²) in [5.41, 5.74) is 13.2. The van der Waals surface area contributed by atoms with E-state index in [2.05, 4.69) is 16.6 Å². The van der Waals surface area contributed by atoms with E-state index in [4.69, 9.17) is 42.6 Å². The molecule has 0 aromatic heterocycles. The first-order valence-corrected chi connectivity index (χ1v) is 20.0. The molecule has 2 saturated heterocycles. The van der Waals surface area contributed by atoms with Crippen LogP contribution in [-0.2, 0) is 73.9 Å². The van der Waals surface area contributed by atoms with Gasteiger partial charge in [0.1, 0.15) is 36.6 Å². The highest BCUT2D eigenvalue weighted by Crippen LogP contribution is 2.35. The second kappa shape index (κ2) is 23.1. The van der Waals surface area contributed by atoms with E-state index < -0.39 is 73.4 Å². The fraction of sp³-hybridized carbons (Fsp3) is 0.413. The molecule has 0 amide bonds. The van der Waals surface area contributed by atoms with Gasteiger partial charge in [0.05, 0.1) is 51.8 Å². The molecule has 14 nitrogen and oxygen atoms in total. The number of ether oxygens (including phenoxy) is 9. The third kappa shape index (κ3) is 12.8. The van der Waals surface area contributed by atoms with E-state index in [0.29, 0.717) is 0 Å². The van der Waals surface area contributed by atoms with Crippen LogP contribution in [0.5, 0.6) is 0 Å². The smallest absolute Gasteiger partial charge is 0.303 e. The predicted octanol–water partition coefficient (Wildman–Crippen LogP) is 6.99. The molecule has 2 aliphatic heterocycles. The number of hydrogen-bond acceptors (Lipinski definition) is 12. The van der Waals surface area contributed by atoms with E-state index in [1.54, 1.807) is 13.0 Å². The number of carbonyl (C=O) groups is 1. The Hall–Kier alpha value is -4.96. The van der Waals surface area contributed by atoms with Crippen LogP contribution in [0.2, 0.25) is 0 Å². The third-order valence-corrected chi connectivity index (χ3v) is 10.0. The molecule has 318 valence electrons. The number of nitrogens with zero attached hydrogens (tertiary/aromatic N) is 3. The lowest BCUT2D eigenvalue weighted by atomic mass is 9.95. The second-order valence-corrected chi connectivity index (χ2v) is 14.5. The van der Waals surface area contributed by atoms with E-state index in [1.165, 1.54) is 6.92 Å². The molecule has 0 aliphatic carbocycles. The first kappa shape index (κ1) is 44.6. The zero-order valence-electron chi connectivity index (χ0n) is 33.8. The fourth-order valence-electron chi connectivity index (χ4n) is 7.01. The molecule has 60 heavy (non-hydrogen) atoms. The normalized spacial score (nSPS) is 27.0. The number of hydrogen-bond donors (Lipinski definition) is 1. The van der Waals surface area contributed by atoms with Crippen LogP contribution >= 0.6 is 0 Å². The van der Waals surface area contributed by atoms with E-state index >= 15 is 0 Å². The van der Waals surface area contributed by atoms with Gasteiger partial charge in [0.2, 0.25) is 0 Å². The van der Waals surface area contributed by atoms with Crippen molar-refractivity contribution in [2.45, 2.75) is 108 Å². The molecule has 1 N–H and O–H groups in total. The Balaban J connectivity index is 1.36. The van der Waals surface area contributed by atoms with Gasteiger partial charge in [-0.15, -0.1) is 6.58 Å². The summed E-state index contributed by atoms with van der Waals surface area (Å²) in [5.74, 6) is -0.560. The summed E-state index contributed by atoms with van der Waals surface area (Å²) in [6.07, 6.45) is -9.11. The monoisotopic (exact) mass is 823 g/mol. The van der Waals surface area contributed by atoms with Crippen molar-refractivity contribution in [1.82, 2.24) is 0 Å². The Bertz CT molecular complexity index is 1920. The number of azide groups is 1. The molecule has 2 aliphatic rings. The standard InChI is InChI=1S/C46H53N3O11/c1-4-31(2)56-45-39(48-49-47)40(51)41(37(58-45)29-52-25-33-17-9-5-10-18-33)60-46-44(55-28-36-23-15-8-16-24-36)43(54-27-35-21-13-7-14-22-35)42(57-32(3)50)38(59-46)30-53-26-34-19-11-6-12-20-34/h4-24,31,37-46,51H,1,25-30H2,2-3H3/t31?,37-,38-,39-,40-,41-,42+,43+,44-,45-,46?/m1/s1. The van der Waals surface area contributed by atoms with E-state index in [-0.39, 0.29) is 39.6 Å². The van der Waals surface area contributed by atoms with Gasteiger partial charge in [-0.1, -0.05) is 133 Å². The van der Waals surface area contributed by atoms with Crippen LogP contribution in [0.15, 0.2) is 139 Å². The van der Waals surface area contributed by atoms with Crippen molar-refractivity contribution < 1.29 is 52.5 Å². The Labute approximate surface area is 350 Å². The number of rotatable bonds is 21. The highest BCUT2D eigenvalue weighted by Gasteiger charge is 2.54. The summed E-state index contributed by atoms with van der Waals surface area (Å²) >= 11 is 0. The van der Waals surface area contributed by atoms with Gasteiger partial charge in [0.15, 0.2) is 18.7 Å². The first-order chi connectivity index (χ1) is 29.3. The molecular weight excluding hydrogens is 771 g/mol. The molecule has 6 rings (SSSR count). The highest BCUT2D eigenvalue weighted by molar-refractivity contribution is 5.66. The number of carbonyl (C=O) groups excluding carboxylic acids is 1. The van der Waals surface area contributed by atoms with E-state index in [1.807, 2.05) is 121 Å². The lowest BCUT2D eigenvalue weighted by Crippen LogP contribution is -2.66. The minimum absolute atomic E-state index is 0.0344. The second-order valence-electron chi connectivity index (χ2n) is 14.5. The molecule has 2 unspecified atom stereocenters. The minimum Gasteiger partial charge on any atom is -0.457 e. The van der Waals surface area contributed by atoms with Crippen LogP contribution < -0.4 is 0 Å². The van der Waals surface area contributed by atoms with E-state index in [0.717, 1.165) is 22.3 Å². The predicted molar refractivity (Wildman–Crippen MR) is 220 cm³/mol. The van der Waals surface area contributed by atoms with Gasteiger partial charge in [-0.3, -0.25) is 4.79 Å². The van der Waals surface area contributed by atoms with Gasteiger partial charge in [-0.05, 0) is 34.7 Å². The number of aliphatic hydroxyl groups is 1. The molecule has 2 fully saturated rings. The van der Waals surface area contributed by atoms with Gasteiger partial charge < -0.3 is 47.7 Å². The molecular formula is C46H53N3O11. The average molecular weight is 824 g/mol. The van der Waals surface area contributed by atoms with Crippen molar-refractivity contribution in [1.29, 1.82) is 0 Å². The summed E-state index contributed by atoms with van der Waals surface area (Å²) in [6.45, 7) is 7.48. The molecule has 14 heteroatoms. The molecule has 0 spiro atoms. The van der Waals surface area contributed by atoms with Crippen molar-refractivity contribution in [3.05, 3.63) is 167 Å². The molecule has 2 heterocycles. The number of esters is 1. The van der Waals surface area contributed by atoms with Crippen molar-refractivity contribution in [3.63, 3.8) is 0 Å². The zero-order valence-corrected chi connectivity index (χ0v) is 33.8. The van der Waals surface area contributed by atoms with Crippen molar-refractivity contribution in [3.8, 4) is 0 Å². The summed E-state index contributed by atoms with van der Waals surface area (Å²) in [4.78, 5) is 15.8. The minimum atomic E-state index is -1.48. The maximum absolute atomic E-state index is 12.8. The van der Waals surface area contributed by atoms with Gasteiger partial charge in [-0.2, -0.15) is 0 Å². The van der Waals surface area contributed by atoms with Crippen molar-refractivity contribution >= 4 is 5.97 Å². The molecule has 4 aromatic carbocycles. The SMILES string of the molecule is C=CC(C)O[C@@H]1O[C@H](COCc2ccccc2)[C@@H](OC2O[C@H](COCc3ccccc3)[C@H](OC(C)=O)[C@H](OCc3ccccc3)[C@H]2OCc2ccccc2)[C@H](O)[C@H]1N=[N+]=[N-]. The Morgan fingerprint density at radius 2 is 1.17 bits per heavy atom. The molecule has 4 aromatic rings. The Morgan fingerprint density at radius 3 is 1.63 bits per heavy atom. The topological polar surface area (TPSA) is 169 Å². The summed E-state index contributed by atoms with van der Waals surface area (Å²) in [7, 11) is 0. The third-order valence-electron chi connectivity index (χ3n) is 10.0. The van der Waals surface area contributed by atoms with Crippen LogP contribution in [0, 0.1) is 0 Å². The van der Waals surface area contributed by atoms with Gasteiger partial charge in [0.25, 0.3) is 0 Å².